The Morgan fingerprint density at radius 3 is 2.59 bits per heavy atom. The highest BCUT2D eigenvalue weighted by Crippen LogP contribution is 2.30. The Balaban J connectivity index is 1.32. The van der Waals surface area contributed by atoms with Crippen LogP contribution in [0.15, 0.2) is 42.5 Å². The van der Waals surface area contributed by atoms with Crippen LogP contribution in [0.25, 0.3) is 21.8 Å². The molecule has 0 radical (unpaired) electrons. The molecular formula is C25H32N6O2S. The van der Waals surface area contributed by atoms with Crippen molar-refractivity contribution >= 4 is 31.8 Å². The van der Waals surface area contributed by atoms with E-state index in [0.717, 1.165) is 45.0 Å². The Morgan fingerprint density at radius 2 is 1.79 bits per heavy atom. The molecule has 0 bridgehead atoms. The summed E-state index contributed by atoms with van der Waals surface area (Å²) in [5.41, 5.74) is 3.86. The highest BCUT2D eigenvalue weighted by molar-refractivity contribution is 7.90. The summed E-state index contributed by atoms with van der Waals surface area (Å²) in [7, 11) is -3.34. The molecule has 4 aromatic rings. The molecule has 0 saturated heterocycles. The van der Waals surface area contributed by atoms with Gasteiger partial charge in [-0.2, -0.15) is 0 Å². The molecule has 1 aliphatic rings. The van der Waals surface area contributed by atoms with Crippen LogP contribution in [0.2, 0.25) is 0 Å². The molecule has 34 heavy (non-hydrogen) atoms. The van der Waals surface area contributed by atoms with Gasteiger partial charge < -0.3 is 9.13 Å². The highest BCUT2D eigenvalue weighted by atomic mass is 32.2. The molecule has 2 aromatic heterocycles. The van der Waals surface area contributed by atoms with Gasteiger partial charge in [0, 0.05) is 61.0 Å². The fourth-order valence-corrected chi connectivity index (χ4v) is 5.51. The Morgan fingerprint density at radius 1 is 1.00 bits per heavy atom. The van der Waals surface area contributed by atoms with Crippen molar-refractivity contribution < 1.29 is 8.42 Å². The Labute approximate surface area is 200 Å². The molecule has 2 aromatic carbocycles. The lowest BCUT2D eigenvalue weighted by Crippen LogP contribution is -2.31. The average molecular weight is 481 g/mol. The molecule has 0 amide bonds. The molecule has 1 aliphatic heterocycles. The van der Waals surface area contributed by atoms with Crippen LogP contribution in [0.5, 0.6) is 0 Å². The number of para-hydroxylation sites is 1. The maximum absolute atomic E-state index is 12.1. The number of benzene rings is 2. The molecule has 0 saturated carbocycles. The van der Waals surface area contributed by atoms with Gasteiger partial charge in [-0.05, 0) is 44.5 Å². The molecule has 0 fully saturated rings. The number of aryl methyl sites for hydroxylation is 1. The normalized spacial score (nSPS) is 15.3. The molecule has 8 nitrogen and oxygen atoms in total. The zero-order valence-corrected chi connectivity index (χ0v) is 20.8. The van der Waals surface area contributed by atoms with Crippen molar-refractivity contribution in [3.05, 3.63) is 59.7 Å². The van der Waals surface area contributed by atoms with Gasteiger partial charge in [0.25, 0.3) is 0 Å². The molecule has 1 N–H and O–H groups in total. The summed E-state index contributed by atoms with van der Waals surface area (Å²) in [4.78, 5) is 2.44. The number of nitrogens with zero attached hydrogens (tertiary/aromatic N) is 5. The first-order valence-electron chi connectivity index (χ1n) is 12.0. The Hall–Kier alpha value is -2.75. The second-order valence-corrected chi connectivity index (χ2v) is 11.6. The number of hydrogen-bond acceptors (Lipinski definition) is 5. The zero-order valence-electron chi connectivity index (χ0n) is 20.0. The van der Waals surface area contributed by atoms with Crippen molar-refractivity contribution in [2.45, 2.75) is 58.6 Å². The quantitative estimate of drug-likeness (QED) is 0.439. The molecule has 180 valence electrons. The largest absolute Gasteiger partial charge is 0.341 e. The Bertz CT molecular complexity index is 1440. The van der Waals surface area contributed by atoms with Crippen LogP contribution >= 0.6 is 0 Å². The lowest BCUT2D eigenvalue weighted by molar-refractivity contribution is 0.270. The predicted octanol–water partition coefficient (Wildman–Crippen LogP) is 3.29. The van der Waals surface area contributed by atoms with E-state index in [9.17, 15) is 8.42 Å². The third-order valence-corrected chi connectivity index (χ3v) is 8.59. The van der Waals surface area contributed by atoms with Gasteiger partial charge in [-0.25, -0.2) is 13.1 Å². The molecule has 0 spiro atoms. The monoisotopic (exact) mass is 480 g/mol. The highest BCUT2D eigenvalue weighted by Gasteiger charge is 2.21. The van der Waals surface area contributed by atoms with Crippen molar-refractivity contribution in [2.75, 3.05) is 13.1 Å². The van der Waals surface area contributed by atoms with Crippen LogP contribution in [0, 0.1) is 0 Å². The van der Waals surface area contributed by atoms with Crippen LogP contribution in [0.3, 0.4) is 0 Å². The van der Waals surface area contributed by atoms with E-state index in [1.807, 2.05) is 0 Å². The standard InChI is InChI=1S/C25H32N6O2S/c1-4-30-22-8-6-5-7-20(22)21-15-19(9-10-23(21)30)17-29-12-11-24-27-28-25(31(24)14-13-29)16-26-34(32,33)18(2)3/h5-10,15,18,26H,4,11-14,16-17H2,1-3H3. The topological polar surface area (TPSA) is 85.1 Å². The third-order valence-electron chi connectivity index (χ3n) is 6.81. The van der Waals surface area contributed by atoms with Crippen LogP contribution in [0.1, 0.15) is 38.0 Å². The zero-order chi connectivity index (χ0) is 23.9. The Kier molecular flexibility index (Phi) is 6.18. The first-order chi connectivity index (χ1) is 16.4. The number of nitrogens with one attached hydrogen (secondary N) is 1. The fourth-order valence-electron chi connectivity index (χ4n) is 4.85. The van der Waals surface area contributed by atoms with Gasteiger partial charge in [0.1, 0.15) is 11.6 Å². The summed E-state index contributed by atoms with van der Waals surface area (Å²) in [5.74, 6) is 1.59. The van der Waals surface area contributed by atoms with Crippen LogP contribution in [-0.2, 0) is 42.6 Å². The number of sulfonamides is 1. The fraction of sp³-hybridized carbons (Fsp3) is 0.440. The van der Waals surface area contributed by atoms with Crippen molar-refractivity contribution in [1.29, 1.82) is 0 Å². The van der Waals surface area contributed by atoms with Crippen LogP contribution < -0.4 is 4.72 Å². The number of rotatable bonds is 7. The minimum atomic E-state index is -3.34. The predicted molar refractivity (Wildman–Crippen MR) is 135 cm³/mol. The van der Waals surface area contributed by atoms with Gasteiger partial charge in [0.05, 0.1) is 11.8 Å². The number of aromatic nitrogens is 4. The molecule has 3 heterocycles. The molecule has 0 aliphatic carbocycles. The van der Waals surface area contributed by atoms with Crippen LogP contribution in [0.4, 0.5) is 0 Å². The van der Waals surface area contributed by atoms with Crippen LogP contribution in [-0.4, -0.2) is 51.0 Å². The summed E-state index contributed by atoms with van der Waals surface area (Å²) in [5, 5.41) is 10.7. The van der Waals surface area contributed by atoms with Gasteiger partial charge in [0.15, 0.2) is 0 Å². The van der Waals surface area contributed by atoms with Crippen molar-refractivity contribution in [2.24, 2.45) is 0 Å². The summed E-state index contributed by atoms with van der Waals surface area (Å²) in [6.07, 6.45) is 0.793. The molecule has 0 unspecified atom stereocenters. The SMILES string of the molecule is CCn1c2ccccc2c2cc(CN3CCc4nnc(CNS(=O)(=O)C(C)C)n4CC3)ccc21. The van der Waals surface area contributed by atoms with Gasteiger partial charge >= 0.3 is 0 Å². The summed E-state index contributed by atoms with van der Waals surface area (Å²) >= 11 is 0. The summed E-state index contributed by atoms with van der Waals surface area (Å²) < 4.78 is 31.4. The minimum Gasteiger partial charge on any atom is -0.341 e. The molecular weight excluding hydrogens is 448 g/mol. The van der Waals surface area contributed by atoms with E-state index >= 15 is 0 Å². The minimum absolute atomic E-state index is 0.172. The first-order valence-corrected chi connectivity index (χ1v) is 13.5. The number of hydrogen-bond donors (Lipinski definition) is 1. The first kappa shape index (κ1) is 23.0. The molecule has 9 heteroatoms. The van der Waals surface area contributed by atoms with E-state index in [4.69, 9.17) is 0 Å². The summed E-state index contributed by atoms with van der Waals surface area (Å²) in [6, 6.07) is 15.4. The van der Waals surface area contributed by atoms with Gasteiger partial charge in [0.2, 0.25) is 10.0 Å². The van der Waals surface area contributed by atoms with E-state index in [2.05, 4.69) is 78.3 Å². The second-order valence-electron chi connectivity index (χ2n) is 9.24. The van der Waals surface area contributed by atoms with Gasteiger partial charge in [-0.1, -0.05) is 24.3 Å². The van der Waals surface area contributed by atoms with E-state index in [0.29, 0.717) is 5.82 Å². The smallest absolute Gasteiger partial charge is 0.214 e. The maximum Gasteiger partial charge on any atom is 0.214 e. The van der Waals surface area contributed by atoms with Crippen molar-refractivity contribution in [3.63, 3.8) is 0 Å². The van der Waals surface area contributed by atoms with E-state index < -0.39 is 15.3 Å². The summed E-state index contributed by atoms with van der Waals surface area (Å²) in [6.45, 7) is 10.0. The van der Waals surface area contributed by atoms with E-state index in [1.54, 1.807) is 13.8 Å². The maximum atomic E-state index is 12.1. The van der Waals surface area contributed by atoms with E-state index in [1.165, 1.54) is 27.4 Å². The lowest BCUT2D eigenvalue weighted by atomic mass is 10.1. The van der Waals surface area contributed by atoms with E-state index in [-0.39, 0.29) is 6.54 Å². The lowest BCUT2D eigenvalue weighted by Gasteiger charge is -2.20. The molecule has 5 rings (SSSR count). The van der Waals surface area contributed by atoms with Crippen molar-refractivity contribution in [3.8, 4) is 0 Å². The number of fused-ring (bicyclic) bond motifs is 4. The van der Waals surface area contributed by atoms with Gasteiger partial charge in [-0.15, -0.1) is 10.2 Å². The third kappa shape index (κ3) is 4.23. The second kappa shape index (κ2) is 9.13. The van der Waals surface area contributed by atoms with Crippen molar-refractivity contribution in [1.82, 2.24) is 29.0 Å². The average Bonchev–Trinajstić information content (AvgIpc) is 3.30. The molecule has 0 atom stereocenters. The van der Waals surface area contributed by atoms with Gasteiger partial charge in [-0.3, -0.25) is 4.90 Å².